The molecule has 1 rings (SSSR count). The number of rotatable bonds is 3. The van der Waals surface area contributed by atoms with Crippen molar-refractivity contribution < 1.29 is 9.13 Å². The zero-order valence-corrected chi connectivity index (χ0v) is 7.33. The third kappa shape index (κ3) is 2.71. The van der Waals surface area contributed by atoms with Gasteiger partial charge in [-0.2, -0.15) is 0 Å². The summed E-state index contributed by atoms with van der Waals surface area (Å²) in [4.78, 5) is 3.88. The fraction of sp³-hybridized carbons (Fsp3) is 0.100. The number of halogens is 1. The van der Waals surface area contributed by atoms with E-state index in [-0.39, 0.29) is 5.82 Å². The maximum absolute atomic E-state index is 12.5. The molecule has 0 atom stereocenters. The van der Waals surface area contributed by atoms with E-state index in [0.717, 1.165) is 5.56 Å². The monoisotopic (exact) mass is 179 g/mol. The Morgan fingerprint density at radius 3 is 2.62 bits per heavy atom. The molecule has 0 aliphatic carbocycles. The summed E-state index contributed by atoms with van der Waals surface area (Å²) in [5.41, 5.74) is 1.32. The van der Waals surface area contributed by atoms with Gasteiger partial charge < -0.3 is 4.74 Å². The normalized spacial score (nSPS) is 10.3. The van der Waals surface area contributed by atoms with Crippen molar-refractivity contribution in [1.29, 1.82) is 0 Å². The molecule has 0 heterocycles. The standard InChI is InChI=1S/C10H10FNO/c1-8(12-7-13-2)9-3-5-10(11)6-4-9/h3-7H,1H2,2H3. The molecule has 0 aliphatic rings. The van der Waals surface area contributed by atoms with Crippen LogP contribution in [0.4, 0.5) is 4.39 Å². The number of nitrogens with zero attached hydrogens (tertiary/aromatic N) is 1. The van der Waals surface area contributed by atoms with Crippen LogP contribution < -0.4 is 0 Å². The second kappa shape index (κ2) is 4.40. The summed E-state index contributed by atoms with van der Waals surface area (Å²) in [5, 5.41) is 0. The highest BCUT2D eigenvalue weighted by molar-refractivity contribution is 5.69. The van der Waals surface area contributed by atoms with Crippen molar-refractivity contribution in [2.24, 2.45) is 4.99 Å². The van der Waals surface area contributed by atoms with Crippen LogP contribution in [0.5, 0.6) is 0 Å². The van der Waals surface area contributed by atoms with Gasteiger partial charge >= 0.3 is 0 Å². The number of benzene rings is 1. The van der Waals surface area contributed by atoms with Gasteiger partial charge in [-0.05, 0) is 29.8 Å². The van der Waals surface area contributed by atoms with Crippen molar-refractivity contribution in [2.75, 3.05) is 7.11 Å². The van der Waals surface area contributed by atoms with Gasteiger partial charge in [-0.15, -0.1) is 0 Å². The van der Waals surface area contributed by atoms with E-state index in [1.54, 1.807) is 12.1 Å². The Morgan fingerprint density at radius 2 is 2.08 bits per heavy atom. The molecule has 1 aromatic carbocycles. The molecule has 3 heteroatoms. The Morgan fingerprint density at radius 1 is 1.46 bits per heavy atom. The smallest absolute Gasteiger partial charge is 0.174 e. The summed E-state index contributed by atoms with van der Waals surface area (Å²) >= 11 is 0. The Balaban J connectivity index is 2.78. The number of ether oxygens (including phenoxy) is 1. The van der Waals surface area contributed by atoms with Gasteiger partial charge in [0.15, 0.2) is 6.40 Å². The Kier molecular flexibility index (Phi) is 3.20. The van der Waals surface area contributed by atoms with E-state index in [4.69, 9.17) is 0 Å². The zero-order chi connectivity index (χ0) is 9.68. The van der Waals surface area contributed by atoms with Crippen LogP contribution in [0.2, 0.25) is 0 Å². The molecule has 0 unspecified atom stereocenters. The SMILES string of the molecule is C=C(N=COC)c1ccc(F)cc1. The lowest BCUT2D eigenvalue weighted by molar-refractivity contribution is 0.423. The molecule has 68 valence electrons. The maximum atomic E-state index is 12.5. The molecule has 1 aromatic rings. The van der Waals surface area contributed by atoms with Gasteiger partial charge in [-0.3, -0.25) is 0 Å². The van der Waals surface area contributed by atoms with E-state index in [9.17, 15) is 4.39 Å². The van der Waals surface area contributed by atoms with Crippen molar-refractivity contribution in [1.82, 2.24) is 0 Å². The van der Waals surface area contributed by atoms with Gasteiger partial charge in [-0.25, -0.2) is 9.38 Å². The fourth-order valence-electron chi connectivity index (χ4n) is 0.833. The first-order valence-corrected chi connectivity index (χ1v) is 3.74. The van der Waals surface area contributed by atoms with Crippen molar-refractivity contribution in [3.05, 3.63) is 42.2 Å². The summed E-state index contributed by atoms with van der Waals surface area (Å²) < 4.78 is 17.1. The van der Waals surface area contributed by atoms with Gasteiger partial charge in [0.2, 0.25) is 0 Å². The van der Waals surface area contributed by atoms with Crippen LogP contribution in [0.15, 0.2) is 35.8 Å². The van der Waals surface area contributed by atoms with Crippen molar-refractivity contribution in [3.8, 4) is 0 Å². The average molecular weight is 179 g/mol. The van der Waals surface area contributed by atoms with Crippen LogP contribution in [0.25, 0.3) is 5.70 Å². The predicted octanol–water partition coefficient (Wildman–Crippen LogP) is 2.47. The molecule has 0 bridgehead atoms. The molecule has 0 saturated heterocycles. The van der Waals surface area contributed by atoms with E-state index in [0.29, 0.717) is 5.70 Å². The minimum Gasteiger partial charge on any atom is -0.486 e. The van der Waals surface area contributed by atoms with Crippen molar-refractivity contribution in [2.45, 2.75) is 0 Å². The van der Waals surface area contributed by atoms with Gasteiger partial charge in [-0.1, -0.05) is 6.58 Å². The van der Waals surface area contributed by atoms with Crippen LogP contribution >= 0.6 is 0 Å². The first-order valence-electron chi connectivity index (χ1n) is 3.74. The number of hydrogen-bond acceptors (Lipinski definition) is 2. The van der Waals surface area contributed by atoms with Crippen LogP contribution in [0, 0.1) is 5.82 Å². The lowest BCUT2D eigenvalue weighted by Gasteiger charge is -1.98. The van der Waals surface area contributed by atoms with Crippen LogP contribution in [-0.2, 0) is 4.74 Å². The lowest BCUT2D eigenvalue weighted by atomic mass is 10.2. The van der Waals surface area contributed by atoms with Gasteiger partial charge in [0, 0.05) is 0 Å². The topological polar surface area (TPSA) is 21.6 Å². The zero-order valence-electron chi connectivity index (χ0n) is 7.33. The minimum atomic E-state index is -0.271. The molecule has 13 heavy (non-hydrogen) atoms. The lowest BCUT2D eigenvalue weighted by Crippen LogP contribution is -1.82. The molecule has 0 N–H and O–H groups in total. The van der Waals surface area contributed by atoms with E-state index in [1.165, 1.54) is 25.6 Å². The molecule has 0 aliphatic heterocycles. The molecule has 0 amide bonds. The highest BCUT2D eigenvalue weighted by Gasteiger charge is 1.95. The van der Waals surface area contributed by atoms with Gasteiger partial charge in [0.05, 0.1) is 12.8 Å². The van der Waals surface area contributed by atoms with E-state index in [1.807, 2.05) is 0 Å². The summed E-state index contributed by atoms with van der Waals surface area (Å²) in [6, 6.07) is 5.96. The quantitative estimate of drug-likeness (QED) is 0.516. The number of hydrogen-bond donors (Lipinski definition) is 0. The number of methoxy groups -OCH3 is 1. The van der Waals surface area contributed by atoms with E-state index < -0.39 is 0 Å². The summed E-state index contributed by atoms with van der Waals surface area (Å²) in [6.07, 6.45) is 1.28. The summed E-state index contributed by atoms with van der Waals surface area (Å²) in [6.45, 7) is 3.69. The van der Waals surface area contributed by atoms with E-state index in [2.05, 4.69) is 16.3 Å². The third-order valence-electron chi connectivity index (χ3n) is 1.49. The second-order valence-electron chi connectivity index (χ2n) is 2.42. The second-order valence-corrected chi connectivity index (χ2v) is 2.42. The maximum Gasteiger partial charge on any atom is 0.174 e. The van der Waals surface area contributed by atoms with Gasteiger partial charge in [0.25, 0.3) is 0 Å². The Hall–Kier alpha value is -1.64. The fourth-order valence-corrected chi connectivity index (χ4v) is 0.833. The summed E-state index contributed by atoms with van der Waals surface area (Å²) in [5.74, 6) is -0.271. The molecule has 2 nitrogen and oxygen atoms in total. The highest BCUT2D eigenvalue weighted by atomic mass is 19.1. The first-order chi connectivity index (χ1) is 6.24. The van der Waals surface area contributed by atoms with Crippen LogP contribution in [0.3, 0.4) is 0 Å². The Labute approximate surface area is 76.4 Å². The largest absolute Gasteiger partial charge is 0.486 e. The van der Waals surface area contributed by atoms with Crippen LogP contribution in [0.1, 0.15) is 5.56 Å². The first kappa shape index (κ1) is 9.45. The van der Waals surface area contributed by atoms with Crippen LogP contribution in [-0.4, -0.2) is 13.5 Å². The molecule has 0 aromatic heterocycles. The molecule has 0 radical (unpaired) electrons. The average Bonchev–Trinajstić information content (AvgIpc) is 2.15. The summed E-state index contributed by atoms with van der Waals surface area (Å²) in [7, 11) is 1.50. The van der Waals surface area contributed by atoms with E-state index >= 15 is 0 Å². The molecular weight excluding hydrogens is 169 g/mol. The van der Waals surface area contributed by atoms with Crippen molar-refractivity contribution >= 4 is 12.1 Å². The van der Waals surface area contributed by atoms with Gasteiger partial charge in [0.1, 0.15) is 5.82 Å². The highest BCUT2D eigenvalue weighted by Crippen LogP contribution is 2.13. The molecule has 0 saturated carbocycles. The minimum absolute atomic E-state index is 0.271. The Bertz CT molecular complexity index is 316. The number of aliphatic imine (C=N–C) groups is 1. The molecule has 0 spiro atoms. The molecule has 0 fully saturated rings. The third-order valence-corrected chi connectivity index (χ3v) is 1.49. The predicted molar refractivity (Wildman–Crippen MR) is 50.9 cm³/mol. The molecular formula is C10H10FNO. The van der Waals surface area contributed by atoms with Crippen molar-refractivity contribution in [3.63, 3.8) is 0 Å².